The van der Waals surface area contributed by atoms with E-state index < -0.39 is 11.4 Å². The first-order valence-corrected chi connectivity index (χ1v) is 10.3. The number of hydrogen-bond acceptors (Lipinski definition) is 4. The molecule has 1 fully saturated rings. The maximum Gasteiger partial charge on any atom is 0.324 e. The second-order valence-electron chi connectivity index (χ2n) is 7.52. The van der Waals surface area contributed by atoms with Crippen LogP contribution in [0.2, 0.25) is 0 Å². The van der Waals surface area contributed by atoms with Gasteiger partial charge in [-0.1, -0.05) is 60.7 Å². The molecule has 1 aliphatic heterocycles. The van der Waals surface area contributed by atoms with Crippen LogP contribution in [-0.2, 0) is 32.2 Å². The van der Waals surface area contributed by atoms with Crippen molar-refractivity contribution < 1.29 is 19.1 Å². The Bertz CT molecular complexity index is 885. The summed E-state index contributed by atoms with van der Waals surface area (Å²) in [5, 5.41) is 0. The van der Waals surface area contributed by atoms with Gasteiger partial charge < -0.3 is 14.5 Å². The number of carbonyl (C=O) groups is 3. The fraction of sp³-hybridized carbons (Fsp3) is 0.375. The molecule has 3 rings (SSSR count). The number of esters is 1. The monoisotopic (exact) mass is 408 g/mol. The lowest BCUT2D eigenvalue weighted by Crippen LogP contribution is -2.50. The van der Waals surface area contributed by atoms with Gasteiger partial charge in [0.1, 0.15) is 0 Å². The van der Waals surface area contributed by atoms with E-state index in [0.717, 1.165) is 11.1 Å². The van der Waals surface area contributed by atoms with Gasteiger partial charge in [-0.3, -0.25) is 14.4 Å². The van der Waals surface area contributed by atoms with Crippen LogP contribution in [0.15, 0.2) is 60.7 Å². The highest BCUT2D eigenvalue weighted by atomic mass is 16.5. The molecule has 0 aromatic heterocycles. The lowest BCUT2D eigenvalue weighted by Gasteiger charge is -2.32. The largest absolute Gasteiger partial charge is 0.465 e. The molecule has 158 valence electrons. The predicted octanol–water partition coefficient (Wildman–Crippen LogP) is 3.02. The molecule has 2 aromatic rings. The highest BCUT2D eigenvalue weighted by molar-refractivity contribution is 6.08. The van der Waals surface area contributed by atoms with E-state index in [0.29, 0.717) is 19.6 Å². The van der Waals surface area contributed by atoms with E-state index in [1.165, 1.54) is 0 Å². The number of rotatable bonds is 8. The minimum absolute atomic E-state index is 0.0314. The number of hydrogen-bond donors (Lipinski definition) is 0. The Balaban J connectivity index is 1.87. The van der Waals surface area contributed by atoms with Crippen LogP contribution in [0.25, 0.3) is 0 Å². The van der Waals surface area contributed by atoms with E-state index in [4.69, 9.17) is 4.74 Å². The van der Waals surface area contributed by atoms with E-state index in [1.807, 2.05) is 67.6 Å². The van der Waals surface area contributed by atoms with Crippen LogP contribution in [0.4, 0.5) is 0 Å². The summed E-state index contributed by atoms with van der Waals surface area (Å²) in [6.07, 6.45) is -0.164. The van der Waals surface area contributed by atoms with Crippen LogP contribution in [-0.4, -0.2) is 47.3 Å². The average molecular weight is 408 g/mol. The van der Waals surface area contributed by atoms with E-state index >= 15 is 0 Å². The maximum atomic E-state index is 13.6. The van der Waals surface area contributed by atoms with Crippen LogP contribution in [0.1, 0.15) is 31.4 Å². The van der Waals surface area contributed by atoms with Gasteiger partial charge in [0.25, 0.3) is 0 Å². The summed E-state index contributed by atoms with van der Waals surface area (Å²) in [6, 6.07) is 19.2. The third-order valence-corrected chi connectivity index (χ3v) is 5.44. The highest BCUT2D eigenvalue weighted by Gasteiger charge is 2.57. The molecule has 6 heteroatoms. The Morgan fingerprint density at radius 2 is 1.60 bits per heavy atom. The Morgan fingerprint density at radius 1 is 1.00 bits per heavy atom. The molecular weight excluding hydrogens is 380 g/mol. The molecule has 0 radical (unpaired) electrons. The average Bonchev–Trinajstić information content (AvgIpc) is 3.10. The van der Waals surface area contributed by atoms with Crippen molar-refractivity contribution in [3.63, 3.8) is 0 Å². The summed E-state index contributed by atoms with van der Waals surface area (Å²) >= 11 is 0. The second kappa shape index (κ2) is 9.57. The standard InChI is InChI=1S/C24H28N2O4/c1-3-25(16-19-11-7-5-8-12-19)22(28)24(23(29)30-4-2)15-21(27)26(18-24)17-20-13-9-6-10-14-20/h5-14H,3-4,15-18H2,1-2H3. The Hall–Kier alpha value is -3.15. The molecule has 2 amide bonds. The quantitative estimate of drug-likeness (QED) is 0.497. The number of amides is 2. The predicted molar refractivity (Wildman–Crippen MR) is 113 cm³/mol. The number of likely N-dealkylation sites (tertiary alicyclic amines) is 1. The molecule has 0 spiro atoms. The van der Waals surface area contributed by atoms with Crippen LogP contribution >= 0.6 is 0 Å². The first kappa shape index (κ1) is 21.6. The normalized spacial score (nSPS) is 18.3. The fourth-order valence-electron chi connectivity index (χ4n) is 3.86. The highest BCUT2D eigenvalue weighted by Crippen LogP contribution is 2.36. The first-order valence-electron chi connectivity index (χ1n) is 10.3. The van der Waals surface area contributed by atoms with Gasteiger partial charge in [0.15, 0.2) is 5.41 Å². The molecule has 1 aliphatic rings. The van der Waals surface area contributed by atoms with Gasteiger partial charge in [-0.25, -0.2) is 0 Å². The minimum atomic E-state index is -1.51. The van der Waals surface area contributed by atoms with Crippen LogP contribution in [0.5, 0.6) is 0 Å². The number of carbonyl (C=O) groups excluding carboxylic acids is 3. The second-order valence-corrected chi connectivity index (χ2v) is 7.52. The van der Waals surface area contributed by atoms with E-state index in [9.17, 15) is 14.4 Å². The zero-order chi connectivity index (χ0) is 21.6. The molecule has 0 bridgehead atoms. The third kappa shape index (κ3) is 4.53. The van der Waals surface area contributed by atoms with Crippen molar-refractivity contribution in [3.8, 4) is 0 Å². The van der Waals surface area contributed by atoms with Gasteiger partial charge in [-0.15, -0.1) is 0 Å². The van der Waals surface area contributed by atoms with E-state index in [-0.39, 0.29) is 31.4 Å². The molecule has 2 aromatic carbocycles. The number of ether oxygens (including phenoxy) is 1. The van der Waals surface area contributed by atoms with Crippen molar-refractivity contribution in [1.29, 1.82) is 0 Å². The molecule has 1 atom stereocenters. The summed E-state index contributed by atoms with van der Waals surface area (Å²) in [6.45, 7) is 4.94. The molecular formula is C24H28N2O4. The number of benzene rings is 2. The molecule has 0 aliphatic carbocycles. The van der Waals surface area contributed by atoms with Gasteiger partial charge in [0.05, 0.1) is 13.0 Å². The lowest BCUT2D eigenvalue weighted by atomic mass is 9.85. The molecule has 1 heterocycles. The Labute approximate surface area is 177 Å². The SMILES string of the molecule is CCOC(=O)C1(C(=O)N(CC)Cc2ccccc2)CC(=O)N(Cc2ccccc2)C1. The van der Waals surface area contributed by atoms with E-state index in [1.54, 1.807) is 16.7 Å². The summed E-state index contributed by atoms with van der Waals surface area (Å²) in [5.41, 5.74) is 0.416. The van der Waals surface area contributed by atoms with E-state index in [2.05, 4.69) is 0 Å². The van der Waals surface area contributed by atoms with Crippen molar-refractivity contribution in [1.82, 2.24) is 9.80 Å². The van der Waals surface area contributed by atoms with Crippen LogP contribution in [0.3, 0.4) is 0 Å². The van der Waals surface area contributed by atoms with Gasteiger partial charge in [-0.2, -0.15) is 0 Å². The van der Waals surface area contributed by atoms with Crippen molar-refractivity contribution >= 4 is 17.8 Å². The van der Waals surface area contributed by atoms with Gasteiger partial charge in [-0.05, 0) is 25.0 Å². The van der Waals surface area contributed by atoms with Gasteiger partial charge in [0, 0.05) is 26.2 Å². The Kier molecular flexibility index (Phi) is 6.87. The fourth-order valence-corrected chi connectivity index (χ4v) is 3.86. The summed E-state index contributed by atoms with van der Waals surface area (Å²) in [4.78, 5) is 42.6. The van der Waals surface area contributed by atoms with Crippen molar-refractivity contribution in [3.05, 3.63) is 71.8 Å². The topological polar surface area (TPSA) is 66.9 Å². The molecule has 30 heavy (non-hydrogen) atoms. The zero-order valence-corrected chi connectivity index (χ0v) is 17.5. The van der Waals surface area contributed by atoms with Crippen molar-refractivity contribution in [2.45, 2.75) is 33.4 Å². The summed E-state index contributed by atoms with van der Waals surface area (Å²) in [7, 11) is 0. The van der Waals surface area contributed by atoms with Crippen LogP contribution < -0.4 is 0 Å². The van der Waals surface area contributed by atoms with Crippen molar-refractivity contribution in [2.24, 2.45) is 5.41 Å². The first-order chi connectivity index (χ1) is 14.5. The summed E-state index contributed by atoms with van der Waals surface area (Å²) in [5.74, 6) is -1.18. The minimum Gasteiger partial charge on any atom is -0.465 e. The third-order valence-electron chi connectivity index (χ3n) is 5.44. The maximum absolute atomic E-state index is 13.6. The molecule has 1 saturated heterocycles. The molecule has 0 N–H and O–H groups in total. The molecule has 6 nitrogen and oxygen atoms in total. The van der Waals surface area contributed by atoms with Gasteiger partial charge in [0.2, 0.25) is 11.8 Å². The molecule has 0 saturated carbocycles. The smallest absolute Gasteiger partial charge is 0.324 e. The van der Waals surface area contributed by atoms with Crippen LogP contribution in [0, 0.1) is 5.41 Å². The van der Waals surface area contributed by atoms with Crippen molar-refractivity contribution in [2.75, 3.05) is 19.7 Å². The zero-order valence-electron chi connectivity index (χ0n) is 17.5. The molecule has 1 unspecified atom stereocenters. The Morgan fingerprint density at radius 3 is 2.17 bits per heavy atom. The summed E-state index contributed by atoms with van der Waals surface area (Å²) < 4.78 is 5.28. The number of nitrogens with zero attached hydrogens (tertiary/aromatic N) is 2. The van der Waals surface area contributed by atoms with Gasteiger partial charge >= 0.3 is 5.97 Å². The lowest BCUT2D eigenvalue weighted by molar-refractivity contribution is -0.165.